The van der Waals surface area contributed by atoms with Gasteiger partial charge >= 0.3 is 17.9 Å². The molecule has 0 N–H and O–H groups in total. The van der Waals surface area contributed by atoms with Gasteiger partial charge in [-0.1, -0.05) is 250 Å². The zero-order valence-corrected chi connectivity index (χ0v) is 45.5. The van der Waals surface area contributed by atoms with Crippen LogP contribution in [0.25, 0.3) is 0 Å². The Labute approximate surface area is 426 Å². The van der Waals surface area contributed by atoms with Crippen LogP contribution in [0.2, 0.25) is 0 Å². The van der Waals surface area contributed by atoms with Crippen LogP contribution in [-0.4, -0.2) is 37.7 Å². The summed E-state index contributed by atoms with van der Waals surface area (Å²) in [5.74, 6) is -1.63. The molecule has 0 bridgehead atoms. The van der Waals surface area contributed by atoms with E-state index in [0.717, 1.165) is 57.8 Å². The molecular weight excluding hydrogens is 853 g/mol. The zero-order chi connectivity index (χ0) is 49.8. The van der Waals surface area contributed by atoms with E-state index in [9.17, 15) is 14.4 Å². The summed E-state index contributed by atoms with van der Waals surface area (Å²) in [6, 6.07) is 4.56. The van der Waals surface area contributed by atoms with Crippen LogP contribution in [0.15, 0.2) is 54.7 Å². The molecule has 6 nitrogen and oxygen atoms in total. The van der Waals surface area contributed by atoms with Crippen molar-refractivity contribution in [2.24, 2.45) is 0 Å². The van der Waals surface area contributed by atoms with Crippen molar-refractivity contribution < 1.29 is 28.6 Å². The van der Waals surface area contributed by atoms with Gasteiger partial charge in [0, 0.05) is 0 Å². The number of rotatable bonds is 51. The first kappa shape index (κ1) is 63.9. The van der Waals surface area contributed by atoms with Gasteiger partial charge in [0.25, 0.3) is 0 Å². The maximum absolute atomic E-state index is 13.5. The molecule has 1 aromatic rings. The first-order chi connectivity index (χ1) is 34.0. The second-order valence-corrected chi connectivity index (χ2v) is 20.0. The van der Waals surface area contributed by atoms with Gasteiger partial charge in [0.15, 0.2) is 0 Å². The number of allylic oxidation sites excluding steroid dienone is 6. The van der Waals surface area contributed by atoms with Crippen molar-refractivity contribution in [2.75, 3.05) is 19.8 Å². The molecular formula is C63H108O6. The van der Waals surface area contributed by atoms with Crippen molar-refractivity contribution >= 4 is 17.9 Å². The maximum atomic E-state index is 13.5. The summed E-state index contributed by atoms with van der Waals surface area (Å²) < 4.78 is 17.0. The summed E-state index contributed by atoms with van der Waals surface area (Å²) in [6.45, 7) is 7.60. The SMILES string of the molecule is CCC/C=C/CCCCCCCCCCCCCOC(=O)c1ccc(C(=O)OCCCCCCCCCCCCC/C=C/CCC)c(C(=O)OCCCCCCCCCCCCC/C=C/CCC)c1. The minimum absolute atomic E-state index is 0.0748. The smallest absolute Gasteiger partial charge is 0.339 e. The van der Waals surface area contributed by atoms with Crippen LogP contribution in [0.3, 0.4) is 0 Å². The summed E-state index contributed by atoms with van der Waals surface area (Å²) >= 11 is 0. The molecule has 0 saturated carbocycles. The predicted molar refractivity (Wildman–Crippen MR) is 296 cm³/mol. The van der Waals surface area contributed by atoms with Gasteiger partial charge in [-0.05, 0) is 95.2 Å². The van der Waals surface area contributed by atoms with Crippen molar-refractivity contribution in [3.05, 3.63) is 71.3 Å². The quantitative estimate of drug-likeness (QED) is 0.0280. The molecule has 1 aromatic carbocycles. The maximum Gasteiger partial charge on any atom is 0.339 e. The highest BCUT2D eigenvalue weighted by Crippen LogP contribution is 2.20. The highest BCUT2D eigenvalue weighted by Gasteiger charge is 2.22. The van der Waals surface area contributed by atoms with Crippen molar-refractivity contribution in [2.45, 2.75) is 290 Å². The first-order valence-corrected chi connectivity index (χ1v) is 29.6. The van der Waals surface area contributed by atoms with Crippen LogP contribution in [0.4, 0.5) is 0 Å². The molecule has 0 amide bonds. The fourth-order valence-electron chi connectivity index (χ4n) is 8.82. The van der Waals surface area contributed by atoms with Crippen LogP contribution in [-0.2, 0) is 14.2 Å². The fourth-order valence-corrected chi connectivity index (χ4v) is 8.82. The fraction of sp³-hybridized carbons (Fsp3) is 0.762. The number of hydrogen-bond donors (Lipinski definition) is 0. The van der Waals surface area contributed by atoms with Crippen LogP contribution in [0.1, 0.15) is 322 Å². The monoisotopic (exact) mass is 961 g/mol. The largest absolute Gasteiger partial charge is 0.462 e. The molecule has 0 unspecified atom stereocenters. The lowest BCUT2D eigenvalue weighted by atomic mass is 10.0. The number of carbonyl (C=O) groups excluding carboxylic acids is 3. The normalized spacial score (nSPS) is 11.7. The Bertz CT molecular complexity index is 1410. The second-order valence-electron chi connectivity index (χ2n) is 20.0. The van der Waals surface area contributed by atoms with Crippen molar-refractivity contribution in [3.63, 3.8) is 0 Å². The van der Waals surface area contributed by atoms with Gasteiger partial charge in [-0.2, -0.15) is 0 Å². The molecule has 0 saturated heterocycles. The molecule has 0 spiro atoms. The van der Waals surface area contributed by atoms with Gasteiger partial charge < -0.3 is 14.2 Å². The minimum atomic E-state index is -0.594. The third kappa shape index (κ3) is 41.2. The number of ether oxygens (including phenoxy) is 3. The van der Waals surface area contributed by atoms with Gasteiger partial charge in [0.2, 0.25) is 0 Å². The Morgan fingerprint density at radius 2 is 0.551 bits per heavy atom. The molecule has 0 atom stereocenters. The molecule has 0 heterocycles. The number of hydrogen-bond acceptors (Lipinski definition) is 6. The summed E-state index contributed by atoms with van der Waals surface area (Å²) in [5, 5.41) is 0. The first-order valence-electron chi connectivity index (χ1n) is 29.6. The van der Waals surface area contributed by atoms with Crippen LogP contribution >= 0.6 is 0 Å². The van der Waals surface area contributed by atoms with Crippen molar-refractivity contribution in [1.82, 2.24) is 0 Å². The molecule has 0 aromatic heterocycles. The lowest BCUT2D eigenvalue weighted by Crippen LogP contribution is -2.17. The van der Waals surface area contributed by atoms with Gasteiger partial charge in [-0.25, -0.2) is 14.4 Å². The summed E-state index contributed by atoms with van der Waals surface area (Å²) in [6.07, 6.45) is 65.1. The van der Waals surface area contributed by atoms with Crippen LogP contribution < -0.4 is 0 Å². The van der Waals surface area contributed by atoms with Gasteiger partial charge in [-0.15, -0.1) is 0 Å². The number of benzene rings is 1. The van der Waals surface area contributed by atoms with E-state index < -0.39 is 17.9 Å². The molecule has 396 valence electrons. The Hall–Kier alpha value is -3.15. The minimum Gasteiger partial charge on any atom is -0.462 e. The second kappa shape index (κ2) is 51.2. The molecule has 0 aliphatic rings. The Kier molecular flexibility index (Phi) is 47.4. The van der Waals surface area contributed by atoms with Crippen LogP contribution in [0.5, 0.6) is 0 Å². The lowest BCUT2D eigenvalue weighted by molar-refractivity contribution is 0.0447. The summed E-state index contributed by atoms with van der Waals surface area (Å²) in [4.78, 5) is 39.9. The topological polar surface area (TPSA) is 78.9 Å². The van der Waals surface area contributed by atoms with Gasteiger partial charge in [0.05, 0.1) is 36.5 Å². The molecule has 69 heavy (non-hydrogen) atoms. The number of esters is 3. The molecule has 0 fully saturated rings. The molecule has 1 rings (SSSR count). The van der Waals surface area contributed by atoms with Crippen molar-refractivity contribution in [3.8, 4) is 0 Å². The van der Waals surface area contributed by atoms with E-state index in [-0.39, 0.29) is 23.3 Å². The third-order valence-corrected chi connectivity index (χ3v) is 13.3. The van der Waals surface area contributed by atoms with E-state index in [2.05, 4.69) is 57.2 Å². The van der Waals surface area contributed by atoms with E-state index in [1.165, 1.54) is 224 Å². The number of unbranched alkanes of at least 4 members (excludes halogenated alkanes) is 36. The predicted octanol–water partition coefficient (Wildman–Crippen LogP) is 20.3. The van der Waals surface area contributed by atoms with Gasteiger partial charge in [0.1, 0.15) is 0 Å². The average Bonchev–Trinajstić information content (AvgIpc) is 3.36. The van der Waals surface area contributed by atoms with Crippen LogP contribution in [0, 0.1) is 0 Å². The van der Waals surface area contributed by atoms with Gasteiger partial charge in [-0.3, -0.25) is 0 Å². The third-order valence-electron chi connectivity index (χ3n) is 13.3. The zero-order valence-electron chi connectivity index (χ0n) is 45.5. The van der Waals surface area contributed by atoms with E-state index in [1.807, 2.05) is 0 Å². The number of carbonyl (C=O) groups is 3. The Morgan fingerprint density at radius 1 is 0.304 bits per heavy atom. The Balaban J connectivity index is 2.45. The summed E-state index contributed by atoms with van der Waals surface area (Å²) in [5.41, 5.74) is 0.468. The molecule has 0 aliphatic heterocycles. The molecule has 0 aliphatic carbocycles. The van der Waals surface area contributed by atoms with E-state index in [4.69, 9.17) is 14.2 Å². The van der Waals surface area contributed by atoms with Crippen molar-refractivity contribution in [1.29, 1.82) is 0 Å². The Morgan fingerprint density at radius 3 is 0.855 bits per heavy atom. The highest BCUT2D eigenvalue weighted by molar-refractivity contribution is 6.05. The average molecular weight is 962 g/mol. The molecule has 0 radical (unpaired) electrons. The van der Waals surface area contributed by atoms with E-state index in [1.54, 1.807) is 6.07 Å². The van der Waals surface area contributed by atoms with E-state index >= 15 is 0 Å². The standard InChI is InChI=1S/C63H108O6/c1-4-7-10-13-16-19-22-25-28-31-34-37-40-43-46-49-54-67-61(64)58-52-53-59(62(65)68-55-50-47-44-41-38-35-32-29-26-23-20-17-14-11-8-5-2)60(57-58)63(66)69-56-51-48-45-42-39-36-33-30-27-24-21-18-15-12-9-6-3/h10-15,52-53,57H,4-9,16-51,54-56H2,1-3H3/b13-10+,14-11+,15-12+. The van der Waals surface area contributed by atoms with E-state index in [0.29, 0.717) is 13.2 Å². The molecule has 6 heteroatoms. The lowest BCUT2D eigenvalue weighted by Gasteiger charge is -2.12. The summed E-state index contributed by atoms with van der Waals surface area (Å²) in [7, 11) is 0. The highest BCUT2D eigenvalue weighted by atomic mass is 16.5.